The predicted molar refractivity (Wildman–Crippen MR) is 39.0 cm³/mol. The van der Waals surface area contributed by atoms with E-state index in [-0.39, 0.29) is 10.9 Å². The van der Waals surface area contributed by atoms with E-state index in [1.54, 1.807) is 0 Å². The van der Waals surface area contributed by atoms with Crippen molar-refractivity contribution >= 4 is 5.69 Å². The van der Waals surface area contributed by atoms with Crippen molar-refractivity contribution in [3.8, 4) is 5.75 Å². The zero-order chi connectivity index (χ0) is 9.14. The van der Waals surface area contributed by atoms with Crippen LogP contribution in [0.4, 0.5) is 10.1 Å². The number of hydrogen-bond acceptors (Lipinski definition) is 4. The van der Waals surface area contributed by atoms with Gasteiger partial charge in [0.05, 0.1) is 7.11 Å². The SMILES string of the molecule is COc1ccc(N(O)O)c(F)c1. The second-order valence-electron chi connectivity index (χ2n) is 2.11. The maximum Gasteiger partial charge on any atom is 0.155 e. The summed E-state index contributed by atoms with van der Waals surface area (Å²) in [5.41, 5.74) is -0.323. The van der Waals surface area contributed by atoms with Gasteiger partial charge in [-0.2, -0.15) is 0 Å². The summed E-state index contributed by atoms with van der Waals surface area (Å²) in [5, 5.41) is 16.7. The van der Waals surface area contributed by atoms with Gasteiger partial charge in [0.25, 0.3) is 0 Å². The standard InChI is InChI=1S/C7H8FNO3/c1-12-5-2-3-7(9(10)11)6(8)4-5/h2-4,10-11H,1H3. The van der Waals surface area contributed by atoms with E-state index in [0.29, 0.717) is 5.75 Å². The van der Waals surface area contributed by atoms with Crippen molar-refractivity contribution in [1.29, 1.82) is 0 Å². The molecule has 0 spiro atoms. The van der Waals surface area contributed by atoms with Gasteiger partial charge in [-0.05, 0) is 12.1 Å². The number of nitrogens with zero attached hydrogens (tertiary/aromatic N) is 1. The second kappa shape index (κ2) is 3.38. The molecular weight excluding hydrogens is 165 g/mol. The summed E-state index contributed by atoms with van der Waals surface area (Å²) in [6.45, 7) is 0. The van der Waals surface area contributed by atoms with E-state index in [9.17, 15) is 4.39 Å². The average molecular weight is 173 g/mol. The Morgan fingerprint density at radius 3 is 2.50 bits per heavy atom. The van der Waals surface area contributed by atoms with Crippen molar-refractivity contribution < 1.29 is 19.5 Å². The van der Waals surface area contributed by atoms with E-state index in [1.165, 1.54) is 19.2 Å². The van der Waals surface area contributed by atoms with Crippen molar-refractivity contribution in [3.05, 3.63) is 24.0 Å². The van der Waals surface area contributed by atoms with Gasteiger partial charge in [-0.3, -0.25) is 10.4 Å². The van der Waals surface area contributed by atoms with Crippen LogP contribution >= 0.6 is 0 Å². The molecule has 0 radical (unpaired) electrons. The number of rotatable bonds is 2. The third-order valence-corrected chi connectivity index (χ3v) is 1.37. The van der Waals surface area contributed by atoms with Crippen molar-refractivity contribution in [2.45, 2.75) is 0 Å². The van der Waals surface area contributed by atoms with E-state index >= 15 is 0 Å². The fourth-order valence-corrected chi connectivity index (χ4v) is 0.777. The van der Waals surface area contributed by atoms with Gasteiger partial charge >= 0.3 is 0 Å². The molecule has 12 heavy (non-hydrogen) atoms. The Kier molecular flexibility index (Phi) is 2.47. The first-order valence-electron chi connectivity index (χ1n) is 3.16. The number of ether oxygens (including phenoxy) is 1. The van der Waals surface area contributed by atoms with E-state index in [4.69, 9.17) is 15.2 Å². The zero-order valence-electron chi connectivity index (χ0n) is 6.36. The van der Waals surface area contributed by atoms with Crippen molar-refractivity contribution in [2.24, 2.45) is 0 Å². The van der Waals surface area contributed by atoms with Gasteiger partial charge in [0, 0.05) is 6.07 Å². The Morgan fingerprint density at radius 2 is 2.08 bits per heavy atom. The largest absolute Gasteiger partial charge is 0.497 e. The Hall–Kier alpha value is -1.33. The molecule has 0 aliphatic rings. The Balaban J connectivity index is 3.03. The summed E-state index contributed by atoms with van der Waals surface area (Å²) in [5.74, 6) is -0.447. The molecule has 0 bridgehead atoms. The van der Waals surface area contributed by atoms with Crippen LogP contribution in [-0.2, 0) is 0 Å². The first-order chi connectivity index (χ1) is 5.65. The third kappa shape index (κ3) is 1.63. The summed E-state index contributed by atoms with van der Waals surface area (Å²) in [7, 11) is 1.39. The molecule has 1 aromatic carbocycles. The maximum atomic E-state index is 12.8. The van der Waals surface area contributed by atoms with Gasteiger partial charge in [-0.15, -0.1) is 5.23 Å². The maximum absolute atomic E-state index is 12.8. The number of methoxy groups -OCH3 is 1. The summed E-state index contributed by atoms with van der Waals surface area (Å²) in [4.78, 5) is 0. The minimum Gasteiger partial charge on any atom is -0.497 e. The predicted octanol–water partition coefficient (Wildman–Crippen LogP) is 1.42. The Labute approximate surface area is 68.3 Å². The van der Waals surface area contributed by atoms with Crippen LogP contribution in [0.3, 0.4) is 0 Å². The molecule has 2 N–H and O–H groups in total. The van der Waals surface area contributed by atoms with Crippen molar-refractivity contribution in [2.75, 3.05) is 12.3 Å². The number of halogens is 1. The minimum atomic E-state index is -0.764. The molecule has 1 aromatic rings. The highest BCUT2D eigenvalue weighted by molar-refractivity contribution is 5.46. The second-order valence-corrected chi connectivity index (χ2v) is 2.11. The van der Waals surface area contributed by atoms with E-state index in [1.807, 2.05) is 0 Å². The molecule has 0 amide bonds. The summed E-state index contributed by atoms with van der Waals surface area (Å²) in [6, 6.07) is 3.65. The van der Waals surface area contributed by atoms with Crippen LogP contribution in [0.15, 0.2) is 18.2 Å². The van der Waals surface area contributed by atoms with Gasteiger partial charge in [0.15, 0.2) is 5.82 Å². The van der Waals surface area contributed by atoms with Gasteiger partial charge in [0.1, 0.15) is 11.4 Å². The molecule has 66 valence electrons. The van der Waals surface area contributed by atoms with Gasteiger partial charge < -0.3 is 4.74 Å². The molecular formula is C7H8FNO3. The molecule has 0 unspecified atom stereocenters. The molecule has 5 heteroatoms. The first kappa shape index (κ1) is 8.76. The van der Waals surface area contributed by atoms with Crippen LogP contribution in [0.1, 0.15) is 0 Å². The Bertz CT molecular complexity index is 277. The van der Waals surface area contributed by atoms with E-state index in [0.717, 1.165) is 6.07 Å². The quantitative estimate of drug-likeness (QED) is 0.664. The van der Waals surface area contributed by atoms with Crippen molar-refractivity contribution in [3.63, 3.8) is 0 Å². The van der Waals surface area contributed by atoms with Crippen molar-refractivity contribution in [1.82, 2.24) is 0 Å². The molecule has 0 aromatic heterocycles. The number of hydrogen-bond donors (Lipinski definition) is 2. The fraction of sp³-hybridized carbons (Fsp3) is 0.143. The van der Waals surface area contributed by atoms with Crippen LogP contribution in [0, 0.1) is 5.82 Å². The Morgan fingerprint density at radius 1 is 1.42 bits per heavy atom. The normalized spacial score (nSPS) is 9.67. The smallest absolute Gasteiger partial charge is 0.155 e. The van der Waals surface area contributed by atoms with Crippen LogP contribution < -0.4 is 9.96 Å². The highest BCUT2D eigenvalue weighted by Gasteiger charge is 2.07. The summed E-state index contributed by atoms with van der Waals surface area (Å²) >= 11 is 0. The zero-order valence-corrected chi connectivity index (χ0v) is 6.36. The molecule has 0 saturated carbocycles. The monoisotopic (exact) mass is 173 g/mol. The minimum absolute atomic E-state index is 0.283. The van der Waals surface area contributed by atoms with Crippen LogP contribution in [0.5, 0.6) is 5.75 Å². The lowest BCUT2D eigenvalue weighted by molar-refractivity contribution is 0.0272. The molecule has 0 saturated heterocycles. The molecule has 4 nitrogen and oxygen atoms in total. The van der Waals surface area contributed by atoms with Crippen LogP contribution in [-0.4, -0.2) is 17.5 Å². The molecule has 0 aliphatic heterocycles. The number of anilines is 1. The first-order valence-corrected chi connectivity index (χ1v) is 3.16. The third-order valence-electron chi connectivity index (χ3n) is 1.37. The van der Waals surface area contributed by atoms with Gasteiger partial charge in [0.2, 0.25) is 0 Å². The summed E-state index contributed by atoms with van der Waals surface area (Å²) < 4.78 is 17.6. The molecule has 0 aliphatic carbocycles. The van der Waals surface area contributed by atoms with Gasteiger partial charge in [-0.1, -0.05) is 0 Å². The lowest BCUT2D eigenvalue weighted by Gasteiger charge is -2.09. The molecule has 0 atom stereocenters. The highest BCUT2D eigenvalue weighted by atomic mass is 19.1. The average Bonchev–Trinajstić information content (AvgIpc) is 2.03. The summed E-state index contributed by atoms with van der Waals surface area (Å²) in [6.07, 6.45) is 0. The molecule has 0 fully saturated rings. The van der Waals surface area contributed by atoms with Crippen LogP contribution in [0.2, 0.25) is 0 Å². The molecule has 0 heterocycles. The number of benzene rings is 1. The lowest BCUT2D eigenvalue weighted by Crippen LogP contribution is -2.12. The van der Waals surface area contributed by atoms with E-state index < -0.39 is 5.82 Å². The topological polar surface area (TPSA) is 52.9 Å². The van der Waals surface area contributed by atoms with Gasteiger partial charge in [-0.25, -0.2) is 4.39 Å². The fourth-order valence-electron chi connectivity index (χ4n) is 0.777. The van der Waals surface area contributed by atoms with E-state index in [2.05, 4.69) is 0 Å². The lowest BCUT2D eigenvalue weighted by atomic mass is 10.3. The molecule has 1 rings (SSSR count). The highest BCUT2D eigenvalue weighted by Crippen LogP contribution is 2.21. The van der Waals surface area contributed by atoms with Crippen LogP contribution in [0.25, 0.3) is 0 Å².